The normalized spacial score (nSPS) is 9.09. The smallest absolute Gasteiger partial charge is 0.129 e. The molecule has 0 spiro atoms. The number of halogens is 1. The molecule has 0 atom stereocenters. The third-order valence-corrected chi connectivity index (χ3v) is 2.98. The minimum atomic E-state index is -0.163. The number of hydrogen-bond acceptors (Lipinski definition) is 1. The van der Waals surface area contributed by atoms with Crippen LogP contribution in [0, 0.1) is 19.7 Å². The largest absolute Gasteiger partial charge is 0.457 e. The first-order chi connectivity index (χ1) is 10.6. The van der Waals surface area contributed by atoms with Crippen molar-refractivity contribution < 1.29 is 9.13 Å². The Bertz CT molecular complexity index is 521. The highest BCUT2D eigenvalue weighted by atomic mass is 19.1. The van der Waals surface area contributed by atoms with Crippen LogP contribution in [-0.2, 0) is 6.42 Å². The van der Waals surface area contributed by atoms with Gasteiger partial charge in [-0.15, -0.1) is 0 Å². The minimum absolute atomic E-state index is 0.163. The monoisotopic (exact) mass is 304 g/mol. The van der Waals surface area contributed by atoms with Gasteiger partial charge in [-0.05, 0) is 61.2 Å². The summed E-state index contributed by atoms with van der Waals surface area (Å²) in [7, 11) is 0. The summed E-state index contributed by atoms with van der Waals surface area (Å²) in [4.78, 5) is 0. The number of hydrogen-bond donors (Lipinski definition) is 0. The number of rotatable bonds is 3. The van der Waals surface area contributed by atoms with Gasteiger partial charge in [-0.3, -0.25) is 0 Å². The predicted molar refractivity (Wildman–Crippen MR) is 94.5 cm³/mol. The van der Waals surface area contributed by atoms with Crippen molar-refractivity contribution in [1.82, 2.24) is 0 Å². The molecule has 0 heterocycles. The van der Waals surface area contributed by atoms with Crippen LogP contribution in [0.3, 0.4) is 0 Å². The van der Waals surface area contributed by atoms with E-state index in [4.69, 9.17) is 4.74 Å². The van der Waals surface area contributed by atoms with E-state index in [0.717, 1.165) is 12.2 Å². The van der Waals surface area contributed by atoms with Crippen LogP contribution in [0.1, 0.15) is 51.3 Å². The van der Waals surface area contributed by atoms with Crippen molar-refractivity contribution in [3.63, 3.8) is 0 Å². The van der Waals surface area contributed by atoms with Gasteiger partial charge in [0.2, 0.25) is 0 Å². The molecule has 0 aromatic heterocycles. The third-order valence-electron chi connectivity index (χ3n) is 2.98. The molecule has 0 aliphatic rings. The zero-order valence-corrected chi connectivity index (χ0v) is 15.0. The molecule has 0 saturated heterocycles. The fraction of sp³-hybridized carbons (Fsp3) is 0.400. The molecule has 0 radical (unpaired) electrons. The highest BCUT2D eigenvalue weighted by Gasteiger charge is 2.05. The van der Waals surface area contributed by atoms with Gasteiger partial charge in [-0.1, -0.05) is 46.8 Å². The van der Waals surface area contributed by atoms with Gasteiger partial charge in [0.15, 0.2) is 0 Å². The summed E-state index contributed by atoms with van der Waals surface area (Å²) in [5.41, 5.74) is 2.49. The highest BCUT2D eigenvalue weighted by Crippen LogP contribution is 2.25. The number of ether oxygens (including phenoxy) is 1. The van der Waals surface area contributed by atoms with Gasteiger partial charge in [0.25, 0.3) is 0 Å². The van der Waals surface area contributed by atoms with Gasteiger partial charge in [-0.25, -0.2) is 4.39 Å². The summed E-state index contributed by atoms with van der Waals surface area (Å²) < 4.78 is 19.2. The van der Waals surface area contributed by atoms with Crippen molar-refractivity contribution in [1.29, 1.82) is 0 Å². The Kier molecular flexibility index (Phi) is 9.93. The zero-order chi connectivity index (χ0) is 17.1. The number of aryl methyl sites for hydroxylation is 3. The van der Waals surface area contributed by atoms with E-state index in [1.165, 1.54) is 5.56 Å². The molecule has 0 fully saturated rings. The van der Waals surface area contributed by atoms with Crippen LogP contribution in [-0.4, -0.2) is 0 Å². The van der Waals surface area contributed by atoms with Crippen LogP contribution in [0.25, 0.3) is 0 Å². The molecular formula is C20H29FO. The van der Waals surface area contributed by atoms with Crippen LogP contribution in [0.4, 0.5) is 4.39 Å². The molecule has 2 rings (SSSR count). The van der Waals surface area contributed by atoms with Gasteiger partial charge in [0.1, 0.15) is 17.3 Å². The molecule has 1 nitrogen and oxygen atoms in total. The Morgan fingerprint density at radius 2 is 1.27 bits per heavy atom. The van der Waals surface area contributed by atoms with Gasteiger partial charge < -0.3 is 4.74 Å². The average molecular weight is 304 g/mol. The fourth-order valence-corrected chi connectivity index (χ4v) is 1.89. The summed E-state index contributed by atoms with van der Waals surface area (Å²) in [6.45, 7) is 13.6. The third kappa shape index (κ3) is 5.88. The van der Waals surface area contributed by atoms with Crippen molar-refractivity contribution in [3.05, 3.63) is 58.9 Å². The standard InChI is InChI=1S/C16H17FO.2C2H6/c1-4-13-5-7-14(8-6-13)18-15-9-11(2)16(17)12(3)10-15;2*1-2/h5-10H,4H2,1-3H3;2*1-2H3. The Morgan fingerprint density at radius 1 is 0.818 bits per heavy atom. The van der Waals surface area contributed by atoms with Crippen molar-refractivity contribution in [2.75, 3.05) is 0 Å². The second-order valence-corrected chi connectivity index (χ2v) is 4.47. The minimum Gasteiger partial charge on any atom is -0.457 e. The van der Waals surface area contributed by atoms with Gasteiger partial charge in [0, 0.05) is 0 Å². The van der Waals surface area contributed by atoms with Crippen LogP contribution < -0.4 is 4.74 Å². The fourth-order valence-electron chi connectivity index (χ4n) is 1.89. The Hall–Kier alpha value is -1.83. The topological polar surface area (TPSA) is 9.23 Å². The number of benzene rings is 2. The van der Waals surface area contributed by atoms with E-state index in [0.29, 0.717) is 16.9 Å². The lowest BCUT2D eigenvalue weighted by atomic mass is 10.1. The van der Waals surface area contributed by atoms with Crippen molar-refractivity contribution >= 4 is 0 Å². The molecule has 122 valence electrons. The first kappa shape index (κ1) is 20.2. The lowest BCUT2D eigenvalue weighted by molar-refractivity contribution is 0.478. The van der Waals surface area contributed by atoms with Gasteiger partial charge in [-0.2, -0.15) is 0 Å². The van der Waals surface area contributed by atoms with E-state index in [-0.39, 0.29) is 5.82 Å². The molecule has 0 aliphatic carbocycles. The lowest BCUT2D eigenvalue weighted by Gasteiger charge is -2.09. The maximum atomic E-state index is 13.5. The van der Waals surface area contributed by atoms with E-state index in [2.05, 4.69) is 6.92 Å². The molecular weight excluding hydrogens is 275 g/mol. The Morgan fingerprint density at radius 3 is 1.68 bits per heavy atom. The molecule has 0 bridgehead atoms. The molecule has 2 heteroatoms. The molecule has 0 saturated carbocycles. The summed E-state index contributed by atoms with van der Waals surface area (Å²) in [6.07, 6.45) is 1.01. The lowest BCUT2D eigenvalue weighted by Crippen LogP contribution is -1.91. The summed E-state index contributed by atoms with van der Waals surface area (Å²) in [5.74, 6) is 1.29. The van der Waals surface area contributed by atoms with Crippen LogP contribution in [0.15, 0.2) is 36.4 Å². The average Bonchev–Trinajstić information content (AvgIpc) is 2.57. The second-order valence-electron chi connectivity index (χ2n) is 4.47. The summed E-state index contributed by atoms with van der Waals surface area (Å²) >= 11 is 0. The second kappa shape index (κ2) is 10.8. The predicted octanol–water partition coefficient (Wildman–Crippen LogP) is 6.85. The molecule has 0 aliphatic heterocycles. The Labute approximate surface area is 135 Å². The maximum Gasteiger partial charge on any atom is 0.129 e. The quantitative estimate of drug-likeness (QED) is 0.602. The van der Waals surface area contributed by atoms with E-state index in [9.17, 15) is 4.39 Å². The van der Waals surface area contributed by atoms with E-state index < -0.39 is 0 Å². The highest BCUT2D eigenvalue weighted by molar-refractivity contribution is 5.38. The van der Waals surface area contributed by atoms with E-state index in [1.54, 1.807) is 26.0 Å². The Balaban J connectivity index is 0.00000102. The van der Waals surface area contributed by atoms with Crippen LogP contribution >= 0.6 is 0 Å². The van der Waals surface area contributed by atoms with Crippen molar-refractivity contribution in [2.24, 2.45) is 0 Å². The molecule has 2 aromatic rings. The molecule has 2 aromatic carbocycles. The summed E-state index contributed by atoms with van der Waals surface area (Å²) in [6, 6.07) is 11.4. The SMILES string of the molecule is CC.CC.CCc1ccc(Oc2cc(C)c(F)c(C)c2)cc1. The summed E-state index contributed by atoms with van der Waals surface area (Å²) in [5, 5.41) is 0. The van der Waals surface area contributed by atoms with Crippen LogP contribution in [0.2, 0.25) is 0 Å². The maximum absolute atomic E-state index is 13.5. The molecule has 22 heavy (non-hydrogen) atoms. The first-order valence-electron chi connectivity index (χ1n) is 8.13. The van der Waals surface area contributed by atoms with Gasteiger partial charge in [0.05, 0.1) is 0 Å². The van der Waals surface area contributed by atoms with E-state index >= 15 is 0 Å². The molecule has 0 N–H and O–H groups in total. The van der Waals surface area contributed by atoms with Gasteiger partial charge >= 0.3 is 0 Å². The first-order valence-corrected chi connectivity index (χ1v) is 8.13. The van der Waals surface area contributed by atoms with E-state index in [1.807, 2.05) is 52.0 Å². The molecule has 0 unspecified atom stereocenters. The van der Waals surface area contributed by atoms with Crippen molar-refractivity contribution in [3.8, 4) is 11.5 Å². The van der Waals surface area contributed by atoms with Crippen molar-refractivity contribution in [2.45, 2.75) is 54.9 Å². The zero-order valence-electron chi connectivity index (χ0n) is 15.0. The van der Waals surface area contributed by atoms with Crippen LogP contribution in [0.5, 0.6) is 11.5 Å². The molecule has 0 amide bonds.